The molecule has 5 nitrogen and oxygen atoms in total. The van der Waals surface area contributed by atoms with Gasteiger partial charge in [0, 0.05) is 0 Å². The molecule has 0 atom stereocenters. The molecule has 23 heavy (non-hydrogen) atoms. The number of carboxylic acid groups (broad SMARTS) is 2. The van der Waals surface area contributed by atoms with E-state index >= 15 is 0 Å². The van der Waals surface area contributed by atoms with E-state index in [4.69, 9.17) is 10.2 Å². The summed E-state index contributed by atoms with van der Waals surface area (Å²) in [6, 6.07) is 5.16. The number of halogens is 3. The van der Waals surface area contributed by atoms with Gasteiger partial charge in [-0.15, -0.1) is 0 Å². The van der Waals surface area contributed by atoms with Gasteiger partial charge >= 0.3 is 18.1 Å². The third-order valence-corrected chi connectivity index (χ3v) is 3.01. The molecule has 2 rings (SSSR count). The van der Waals surface area contributed by atoms with Crippen molar-refractivity contribution in [2.75, 3.05) is 0 Å². The maximum absolute atomic E-state index is 12.8. The van der Waals surface area contributed by atoms with E-state index in [-0.39, 0.29) is 11.1 Å². The number of phenolic OH excluding ortho intramolecular Hbond substituents is 1. The summed E-state index contributed by atoms with van der Waals surface area (Å²) in [5, 5.41) is 27.4. The van der Waals surface area contributed by atoms with Gasteiger partial charge in [0.15, 0.2) is 0 Å². The van der Waals surface area contributed by atoms with Crippen LogP contribution in [0.2, 0.25) is 0 Å². The molecule has 0 saturated carbocycles. The SMILES string of the molecule is O=C(O)c1cc(C(=O)O)cc(-c2cc(O)cc(C(F)(F)F)c2)c1. The molecular formula is C15H9F3O5. The molecule has 0 aliphatic carbocycles. The summed E-state index contributed by atoms with van der Waals surface area (Å²) in [6.07, 6.45) is -4.71. The van der Waals surface area contributed by atoms with Crippen LogP contribution in [-0.2, 0) is 6.18 Å². The molecule has 0 aromatic heterocycles. The highest BCUT2D eigenvalue weighted by Gasteiger charge is 2.31. The lowest BCUT2D eigenvalue weighted by atomic mass is 9.98. The van der Waals surface area contributed by atoms with Crippen LogP contribution in [0.4, 0.5) is 13.2 Å². The summed E-state index contributed by atoms with van der Waals surface area (Å²) >= 11 is 0. The largest absolute Gasteiger partial charge is 0.508 e. The third-order valence-electron chi connectivity index (χ3n) is 3.01. The van der Waals surface area contributed by atoms with E-state index in [9.17, 15) is 27.9 Å². The molecule has 2 aromatic carbocycles. The van der Waals surface area contributed by atoms with Crippen molar-refractivity contribution in [1.82, 2.24) is 0 Å². The van der Waals surface area contributed by atoms with Crippen LogP contribution in [0.1, 0.15) is 26.3 Å². The predicted octanol–water partition coefficient (Wildman–Crippen LogP) is 3.47. The number of alkyl halides is 3. The van der Waals surface area contributed by atoms with E-state index < -0.39 is 40.6 Å². The van der Waals surface area contributed by atoms with Crippen LogP contribution >= 0.6 is 0 Å². The zero-order valence-electron chi connectivity index (χ0n) is 11.3. The van der Waals surface area contributed by atoms with Crippen molar-refractivity contribution in [2.24, 2.45) is 0 Å². The molecule has 0 radical (unpaired) electrons. The first kappa shape index (κ1) is 16.3. The molecule has 3 N–H and O–H groups in total. The highest BCUT2D eigenvalue weighted by Crippen LogP contribution is 2.35. The van der Waals surface area contributed by atoms with Crippen LogP contribution < -0.4 is 0 Å². The molecule has 0 saturated heterocycles. The van der Waals surface area contributed by atoms with Gasteiger partial charge in [-0.05, 0) is 47.5 Å². The minimum absolute atomic E-state index is 0.0660. The van der Waals surface area contributed by atoms with Gasteiger partial charge in [-0.2, -0.15) is 13.2 Å². The molecule has 0 spiro atoms. The normalized spacial score (nSPS) is 11.3. The van der Waals surface area contributed by atoms with Gasteiger partial charge in [0.25, 0.3) is 0 Å². The Kier molecular flexibility index (Phi) is 4.00. The number of carboxylic acids is 2. The molecule has 2 aromatic rings. The fourth-order valence-electron chi connectivity index (χ4n) is 1.98. The summed E-state index contributed by atoms with van der Waals surface area (Å²) < 4.78 is 38.3. The Morgan fingerprint density at radius 3 is 1.70 bits per heavy atom. The van der Waals surface area contributed by atoms with Crippen molar-refractivity contribution in [2.45, 2.75) is 6.18 Å². The first-order valence-corrected chi connectivity index (χ1v) is 6.11. The molecule has 0 amide bonds. The van der Waals surface area contributed by atoms with Crippen molar-refractivity contribution < 1.29 is 38.1 Å². The number of benzene rings is 2. The molecular weight excluding hydrogens is 317 g/mol. The number of phenols is 1. The summed E-state index contributed by atoms with van der Waals surface area (Å²) in [6.45, 7) is 0. The number of aromatic carboxylic acids is 2. The van der Waals surface area contributed by atoms with E-state index in [0.29, 0.717) is 12.1 Å². The summed E-state index contributed by atoms with van der Waals surface area (Å²) in [5.74, 6) is -3.52. The van der Waals surface area contributed by atoms with Crippen LogP contribution in [0.5, 0.6) is 5.75 Å². The average molecular weight is 326 g/mol. The first-order valence-electron chi connectivity index (χ1n) is 6.11. The summed E-state index contributed by atoms with van der Waals surface area (Å²) in [7, 11) is 0. The van der Waals surface area contributed by atoms with Crippen molar-refractivity contribution in [3.63, 3.8) is 0 Å². The summed E-state index contributed by atoms with van der Waals surface area (Å²) in [4.78, 5) is 22.1. The molecule has 0 heterocycles. The Hall–Kier alpha value is -3.03. The second kappa shape index (κ2) is 5.64. The van der Waals surface area contributed by atoms with Gasteiger partial charge in [0.1, 0.15) is 5.75 Å². The van der Waals surface area contributed by atoms with Crippen molar-refractivity contribution in [3.8, 4) is 16.9 Å². The maximum Gasteiger partial charge on any atom is 0.416 e. The fourth-order valence-corrected chi connectivity index (χ4v) is 1.98. The van der Waals surface area contributed by atoms with Gasteiger partial charge in [0.05, 0.1) is 16.7 Å². The highest BCUT2D eigenvalue weighted by molar-refractivity contribution is 5.96. The van der Waals surface area contributed by atoms with Gasteiger partial charge in [0.2, 0.25) is 0 Å². The van der Waals surface area contributed by atoms with Crippen LogP contribution in [0.25, 0.3) is 11.1 Å². The van der Waals surface area contributed by atoms with Crippen LogP contribution in [0.15, 0.2) is 36.4 Å². The number of rotatable bonds is 3. The van der Waals surface area contributed by atoms with E-state index in [1.54, 1.807) is 0 Å². The molecule has 0 aliphatic rings. The molecule has 8 heteroatoms. The number of hydrogen-bond acceptors (Lipinski definition) is 3. The monoisotopic (exact) mass is 326 g/mol. The maximum atomic E-state index is 12.8. The Bertz CT molecular complexity index is 764. The topological polar surface area (TPSA) is 94.8 Å². The second-order valence-corrected chi connectivity index (χ2v) is 4.68. The smallest absolute Gasteiger partial charge is 0.416 e. The highest BCUT2D eigenvalue weighted by atomic mass is 19.4. The minimum atomic E-state index is -4.71. The average Bonchev–Trinajstić information content (AvgIpc) is 2.45. The van der Waals surface area contributed by atoms with Gasteiger partial charge < -0.3 is 15.3 Å². The minimum Gasteiger partial charge on any atom is -0.508 e. The molecule has 0 unspecified atom stereocenters. The standard InChI is InChI=1S/C15H9F3O5/c16-15(17,18)11-4-8(5-12(19)6-11)7-1-9(13(20)21)3-10(2-7)14(22)23/h1-6,19H,(H,20,21)(H,22,23). The molecule has 120 valence electrons. The van der Waals surface area contributed by atoms with Gasteiger partial charge in [-0.3, -0.25) is 0 Å². The molecule has 0 bridgehead atoms. The van der Waals surface area contributed by atoms with Crippen molar-refractivity contribution in [3.05, 3.63) is 53.1 Å². The van der Waals surface area contributed by atoms with Gasteiger partial charge in [-0.1, -0.05) is 0 Å². The number of hydrogen-bond donors (Lipinski definition) is 3. The Labute approximate surface area is 127 Å². The van der Waals surface area contributed by atoms with E-state index in [1.165, 1.54) is 0 Å². The fraction of sp³-hybridized carbons (Fsp3) is 0.0667. The van der Waals surface area contributed by atoms with Crippen molar-refractivity contribution in [1.29, 1.82) is 0 Å². The number of aromatic hydroxyl groups is 1. The Morgan fingerprint density at radius 1 is 0.783 bits per heavy atom. The van der Waals surface area contributed by atoms with E-state index in [0.717, 1.165) is 24.3 Å². The van der Waals surface area contributed by atoms with Crippen LogP contribution in [-0.4, -0.2) is 27.3 Å². The van der Waals surface area contributed by atoms with E-state index in [2.05, 4.69) is 0 Å². The molecule has 0 fully saturated rings. The van der Waals surface area contributed by atoms with Crippen molar-refractivity contribution >= 4 is 11.9 Å². The lowest BCUT2D eigenvalue weighted by Gasteiger charge is -2.11. The lowest BCUT2D eigenvalue weighted by Crippen LogP contribution is -2.05. The zero-order valence-corrected chi connectivity index (χ0v) is 11.3. The van der Waals surface area contributed by atoms with Gasteiger partial charge in [-0.25, -0.2) is 9.59 Å². The number of carbonyl (C=O) groups is 2. The lowest BCUT2D eigenvalue weighted by molar-refractivity contribution is -0.137. The Morgan fingerprint density at radius 2 is 1.26 bits per heavy atom. The quantitative estimate of drug-likeness (QED) is 0.803. The first-order chi connectivity index (χ1) is 10.6. The summed E-state index contributed by atoms with van der Waals surface area (Å²) in [5.41, 5.74) is -2.13. The molecule has 0 aliphatic heterocycles. The van der Waals surface area contributed by atoms with Crippen LogP contribution in [0, 0.1) is 0 Å². The van der Waals surface area contributed by atoms with E-state index in [1.807, 2.05) is 0 Å². The second-order valence-electron chi connectivity index (χ2n) is 4.68. The Balaban J connectivity index is 2.68. The van der Waals surface area contributed by atoms with Crippen LogP contribution in [0.3, 0.4) is 0 Å². The zero-order chi connectivity index (χ0) is 17.4. The predicted molar refractivity (Wildman–Crippen MR) is 72.5 cm³/mol. The third kappa shape index (κ3) is 3.60.